The third-order valence-electron chi connectivity index (χ3n) is 3.61. The molecule has 0 bridgehead atoms. The number of hydrogen-bond acceptors (Lipinski definition) is 3. The Morgan fingerprint density at radius 1 is 1.09 bits per heavy atom. The van der Waals surface area contributed by atoms with Crippen molar-refractivity contribution in [2.45, 2.75) is 32.8 Å². The van der Waals surface area contributed by atoms with Crippen molar-refractivity contribution in [3.05, 3.63) is 54.1 Å². The van der Waals surface area contributed by atoms with Gasteiger partial charge >= 0.3 is 0 Å². The van der Waals surface area contributed by atoms with E-state index < -0.39 is 6.10 Å². The Balaban J connectivity index is 2.02. The van der Waals surface area contributed by atoms with Crippen molar-refractivity contribution in [2.75, 3.05) is 12.4 Å². The molecule has 1 N–H and O–H groups in total. The van der Waals surface area contributed by atoms with Crippen molar-refractivity contribution in [1.29, 1.82) is 0 Å². The average molecular weight is 313 g/mol. The molecule has 4 heteroatoms. The second-order valence-electron chi connectivity index (χ2n) is 5.23. The van der Waals surface area contributed by atoms with Crippen LogP contribution in [0.2, 0.25) is 0 Å². The molecule has 1 unspecified atom stereocenters. The van der Waals surface area contributed by atoms with Crippen LogP contribution in [0.5, 0.6) is 11.5 Å². The summed E-state index contributed by atoms with van der Waals surface area (Å²) in [7, 11) is 1.60. The van der Waals surface area contributed by atoms with Crippen LogP contribution in [-0.2, 0) is 11.2 Å². The number of aryl methyl sites for hydroxylation is 1. The summed E-state index contributed by atoms with van der Waals surface area (Å²) in [5, 5.41) is 2.87. The Bertz CT molecular complexity index is 637. The Hall–Kier alpha value is -2.49. The minimum Gasteiger partial charge on any atom is -0.497 e. The standard InChI is InChI=1S/C19H23NO3/c1-4-14-9-11-16(12-10-14)23-18(5-2)19(21)20-15-7-6-8-17(13-15)22-3/h6-13,18H,4-5H2,1-3H3,(H,20,21). The van der Waals surface area contributed by atoms with Crippen LogP contribution in [-0.4, -0.2) is 19.1 Å². The summed E-state index contributed by atoms with van der Waals surface area (Å²) in [5.74, 6) is 1.24. The van der Waals surface area contributed by atoms with Crippen LogP contribution < -0.4 is 14.8 Å². The van der Waals surface area contributed by atoms with Crippen LogP contribution in [0.4, 0.5) is 5.69 Å². The maximum atomic E-state index is 12.4. The van der Waals surface area contributed by atoms with Crippen molar-refractivity contribution in [3.63, 3.8) is 0 Å². The normalized spacial score (nSPS) is 11.6. The first-order valence-corrected chi connectivity index (χ1v) is 7.86. The van der Waals surface area contributed by atoms with E-state index in [2.05, 4.69) is 12.2 Å². The average Bonchev–Trinajstić information content (AvgIpc) is 2.60. The Morgan fingerprint density at radius 3 is 2.43 bits per heavy atom. The summed E-state index contributed by atoms with van der Waals surface area (Å²) in [6.07, 6.45) is 1.03. The van der Waals surface area contributed by atoms with Gasteiger partial charge in [-0.25, -0.2) is 0 Å². The third kappa shape index (κ3) is 4.74. The second kappa shape index (κ2) is 8.22. The minimum absolute atomic E-state index is 0.166. The van der Waals surface area contributed by atoms with Gasteiger partial charge in [-0.1, -0.05) is 32.0 Å². The third-order valence-corrected chi connectivity index (χ3v) is 3.61. The summed E-state index contributed by atoms with van der Waals surface area (Å²) in [4.78, 5) is 12.4. The molecule has 0 aromatic heterocycles. The molecule has 4 nitrogen and oxygen atoms in total. The molecule has 2 aromatic rings. The second-order valence-corrected chi connectivity index (χ2v) is 5.23. The van der Waals surface area contributed by atoms with Gasteiger partial charge in [-0.3, -0.25) is 4.79 Å². The molecule has 23 heavy (non-hydrogen) atoms. The first-order valence-electron chi connectivity index (χ1n) is 7.86. The lowest BCUT2D eigenvalue weighted by atomic mass is 10.1. The monoisotopic (exact) mass is 313 g/mol. The van der Waals surface area contributed by atoms with E-state index in [1.807, 2.05) is 49.4 Å². The number of methoxy groups -OCH3 is 1. The van der Waals surface area contributed by atoms with Gasteiger partial charge in [0.2, 0.25) is 0 Å². The predicted molar refractivity (Wildman–Crippen MR) is 92.2 cm³/mol. The van der Waals surface area contributed by atoms with Gasteiger partial charge in [0.25, 0.3) is 5.91 Å². The van der Waals surface area contributed by atoms with E-state index in [1.54, 1.807) is 13.2 Å². The zero-order chi connectivity index (χ0) is 16.7. The molecule has 0 spiro atoms. The number of amides is 1. The molecule has 2 rings (SSSR count). The smallest absolute Gasteiger partial charge is 0.265 e. The van der Waals surface area contributed by atoms with E-state index in [0.717, 1.165) is 6.42 Å². The molecule has 2 aromatic carbocycles. The Kier molecular flexibility index (Phi) is 6.03. The number of anilines is 1. The highest BCUT2D eigenvalue weighted by molar-refractivity contribution is 5.94. The molecule has 0 fully saturated rings. The SMILES string of the molecule is CCc1ccc(OC(CC)C(=O)Nc2cccc(OC)c2)cc1. The molecule has 0 saturated carbocycles. The predicted octanol–water partition coefficient (Wildman–Crippen LogP) is 4.05. The summed E-state index contributed by atoms with van der Waals surface area (Å²) in [6.45, 7) is 4.03. The fourth-order valence-corrected chi connectivity index (χ4v) is 2.21. The molecular weight excluding hydrogens is 290 g/mol. The quantitative estimate of drug-likeness (QED) is 0.838. The van der Waals surface area contributed by atoms with Gasteiger partial charge in [-0.15, -0.1) is 0 Å². The Morgan fingerprint density at radius 2 is 1.83 bits per heavy atom. The van der Waals surface area contributed by atoms with Crippen molar-refractivity contribution in [3.8, 4) is 11.5 Å². The van der Waals surface area contributed by atoms with Crippen molar-refractivity contribution in [2.24, 2.45) is 0 Å². The van der Waals surface area contributed by atoms with E-state index >= 15 is 0 Å². The Labute approximate surface area is 137 Å². The zero-order valence-electron chi connectivity index (χ0n) is 13.8. The number of ether oxygens (including phenoxy) is 2. The first-order chi connectivity index (χ1) is 11.2. The lowest BCUT2D eigenvalue weighted by molar-refractivity contribution is -0.122. The van der Waals surface area contributed by atoms with Gasteiger partial charge in [-0.05, 0) is 42.7 Å². The maximum absolute atomic E-state index is 12.4. The molecule has 1 amide bonds. The fraction of sp³-hybridized carbons (Fsp3) is 0.316. The van der Waals surface area contributed by atoms with Gasteiger partial charge in [0.15, 0.2) is 6.10 Å². The molecule has 0 heterocycles. The fourth-order valence-electron chi connectivity index (χ4n) is 2.21. The molecule has 0 saturated heterocycles. The highest BCUT2D eigenvalue weighted by atomic mass is 16.5. The number of benzene rings is 2. The lowest BCUT2D eigenvalue weighted by Gasteiger charge is -2.17. The van der Waals surface area contributed by atoms with Crippen LogP contribution in [0.15, 0.2) is 48.5 Å². The molecule has 1 atom stereocenters. The zero-order valence-corrected chi connectivity index (χ0v) is 13.8. The van der Waals surface area contributed by atoms with Gasteiger partial charge in [-0.2, -0.15) is 0 Å². The first kappa shape index (κ1) is 16.9. The molecule has 0 radical (unpaired) electrons. The number of hydrogen-bond donors (Lipinski definition) is 1. The minimum atomic E-state index is -0.534. The topological polar surface area (TPSA) is 47.6 Å². The molecule has 0 aliphatic rings. The summed E-state index contributed by atoms with van der Waals surface area (Å²) in [6, 6.07) is 15.1. The molecule has 122 valence electrons. The molecule has 0 aliphatic carbocycles. The summed E-state index contributed by atoms with van der Waals surface area (Å²) in [5.41, 5.74) is 1.93. The largest absolute Gasteiger partial charge is 0.497 e. The van der Waals surface area contributed by atoms with E-state index in [1.165, 1.54) is 5.56 Å². The highest BCUT2D eigenvalue weighted by Crippen LogP contribution is 2.19. The van der Waals surface area contributed by atoms with Crippen molar-refractivity contribution >= 4 is 11.6 Å². The molecular formula is C19H23NO3. The summed E-state index contributed by atoms with van der Waals surface area (Å²) < 4.78 is 11.0. The van der Waals surface area contributed by atoms with Crippen molar-refractivity contribution < 1.29 is 14.3 Å². The van der Waals surface area contributed by atoms with Crippen LogP contribution in [0, 0.1) is 0 Å². The summed E-state index contributed by atoms with van der Waals surface area (Å²) >= 11 is 0. The number of carbonyl (C=O) groups is 1. The lowest BCUT2D eigenvalue weighted by Crippen LogP contribution is -2.32. The maximum Gasteiger partial charge on any atom is 0.265 e. The molecule has 0 aliphatic heterocycles. The number of nitrogens with one attached hydrogen (secondary N) is 1. The number of rotatable bonds is 7. The highest BCUT2D eigenvalue weighted by Gasteiger charge is 2.18. The van der Waals surface area contributed by atoms with Gasteiger partial charge in [0.1, 0.15) is 11.5 Å². The van der Waals surface area contributed by atoms with Crippen LogP contribution in [0.25, 0.3) is 0 Å². The van der Waals surface area contributed by atoms with Gasteiger partial charge < -0.3 is 14.8 Å². The van der Waals surface area contributed by atoms with Crippen molar-refractivity contribution in [1.82, 2.24) is 0 Å². The van der Waals surface area contributed by atoms with E-state index in [-0.39, 0.29) is 5.91 Å². The van der Waals surface area contributed by atoms with E-state index in [9.17, 15) is 4.79 Å². The van der Waals surface area contributed by atoms with Crippen LogP contribution in [0.1, 0.15) is 25.8 Å². The van der Waals surface area contributed by atoms with Gasteiger partial charge in [0, 0.05) is 11.8 Å². The van der Waals surface area contributed by atoms with Gasteiger partial charge in [0.05, 0.1) is 7.11 Å². The van der Waals surface area contributed by atoms with E-state index in [4.69, 9.17) is 9.47 Å². The van der Waals surface area contributed by atoms with Crippen LogP contribution >= 0.6 is 0 Å². The van der Waals surface area contributed by atoms with Crippen LogP contribution in [0.3, 0.4) is 0 Å². The van der Waals surface area contributed by atoms with E-state index in [0.29, 0.717) is 23.6 Å². The number of carbonyl (C=O) groups excluding carboxylic acids is 1.